The fourth-order valence-corrected chi connectivity index (χ4v) is 2.78. The Labute approximate surface area is 145 Å². The lowest BCUT2D eigenvalue weighted by molar-refractivity contribution is -0.383. The maximum Gasteiger partial charge on any atom is 0.278 e. The van der Waals surface area contributed by atoms with Gasteiger partial charge < -0.3 is 9.64 Å². The molecular weight excluding hydrogens is 318 g/mol. The lowest BCUT2D eigenvalue weighted by atomic mass is 10.1. The predicted octanol–water partition coefficient (Wildman–Crippen LogP) is 3.97. The van der Waals surface area contributed by atoms with Crippen molar-refractivity contribution in [3.63, 3.8) is 0 Å². The van der Waals surface area contributed by atoms with E-state index in [9.17, 15) is 10.1 Å². The van der Waals surface area contributed by atoms with Gasteiger partial charge >= 0.3 is 0 Å². The number of fused-ring (bicyclic) bond motifs is 1. The molecule has 2 aromatic carbocycles. The van der Waals surface area contributed by atoms with Crippen LogP contribution in [-0.4, -0.2) is 30.1 Å². The number of hydrogen-bond acceptors (Lipinski definition) is 5. The molecule has 0 radical (unpaired) electrons. The molecule has 3 rings (SSSR count). The maximum absolute atomic E-state index is 11.2. The average molecular weight is 337 g/mol. The molecular formula is C19H19N3O3. The fraction of sp³-hybridized carbons (Fsp3) is 0.211. The molecule has 0 bridgehead atoms. The van der Waals surface area contributed by atoms with Gasteiger partial charge in [0, 0.05) is 36.6 Å². The Kier molecular flexibility index (Phi) is 4.79. The monoisotopic (exact) mass is 337 g/mol. The summed E-state index contributed by atoms with van der Waals surface area (Å²) in [6.07, 6.45) is 3.18. The van der Waals surface area contributed by atoms with E-state index in [-0.39, 0.29) is 10.6 Å². The number of rotatable bonds is 6. The second-order valence-electron chi connectivity index (χ2n) is 5.87. The Hall–Kier alpha value is -3.15. The van der Waals surface area contributed by atoms with Crippen LogP contribution in [0.4, 0.5) is 11.4 Å². The highest BCUT2D eigenvalue weighted by Crippen LogP contribution is 2.32. The van der Waals surface area contributed by atoms with Gasteiger partial charge in [0.05, 0.1) is 16.9 Å². The van der Waals surface area contributed by atoms with Crippen molar-refractivity contribution in [2.75, 3.05) is 25.1 Å². The summed E-state index contributed by atoms with van der Waals surface area (Å²) < 4.78 is 5.79. The zero-order valence-electron chi connectivity index (χ0n) is 14.2. The Morgan fingerprint density at radius 2 is 2.04 bits per heavy atom. The molecule has 0 unspecified atom stereocenters. The number of pyridine rings is 1. The van der Waals surface area contributed by atoms with E-state index in [2.05, 4.69) is 4.98 Å². The first-order valence-electron chi connectivity index (χ1n) is 7.98. The summed E-state index contributed by atoms with van der Waals surface area (Å²) in [7, 11) is 1.95. The van der Waals surface area contributed by atoms with E-state index in [1.807, 2.05) is 43.1 Å². The molecule has 0 aliphatic rings. The summed E-state index contributed by atoms with van der Waals surface area (Å²) in [5.74, 6) is 0.839. The summed E-state index contributed by atoms with van der Waals surface area (Å²) in [5.41, 5.74) is 2.13. The van der Waals surface area contributed by atoms with Crippen molar-refractivity contribution in [1.29, 1.82) is 0 Å². The molecule has 0 saturated heterocycles. The molecule has 0 aliphatic heterocycles. The number of ether oxygens (including phenoxy) is 1. The van der Waals surface area contributed by atoms with Crippen molar-refractivity contribution in [1.82, 2.24) is 4.98 Å². The summed E-state index contributed by atoms with van der Waals surface area (Å²) in [5, 5.41) is 12.5. The Morgan fingerprint density at radius 3 is 2.80 bits per heavy atom. The van der Waals surface area contributed by atoms with Crippen LogP contribution < -0.4 is 9.64 Å². The molecule has 0 aliphatic carbocycles. The standard InChI is InChI=1S/C19H19N3O3/c1-14-4-3-5-15(12-14)25-11-10-21(2)18-6-7-19(22(23)24)17-13-20-9-8-16(17)18/h3-9,12-13H,10-11H2,1-2H3. The number of nitro groups is 1. The largest absolute Gasteiger partial charge is 0.492 e. The number of nitrogens with zero attached hydrogens (tertiary/aromatic N) is 3. The van der Waals surface area contributed by atoms with E-state index in [1.165, 1.54) is 12.3 Å². The van der Waals surface area contributed by atoms with E-state index in [0.29, 0.717) is 18.5 Å². The van der Waals surface area contributed by atoms with Gasteiger partial charge in [-0.3, -0.25) is 15.1 Å². The molecule has 0 N–H and O–H groups in total. The van der Waals surface area contributed by atoms with Crippen molar-refractivity contribution >= 4 is 22.1 Å². The van der Waals surface area contributed by atoms with E-state index in [4.69, 9.17) is 4.74 Å². The Bertz CT molecular complexity index is 911. The molecule has 6 nitrogen and oxygen atoms in total. The quantitative estimate of drug-likeness (QED) is 0.503. The lowest BCUT2D eigenvalue weighted by Crippen LogP contribution is -2.24. The van der Waals surface area contributed by atoms with Crippen LogP contribution in [0.1, 0.15) is 5.56 Å². The summed E-state index contributed by atoms with van der Waals surface area (Å²) >= 11 is 0. The second kappa shape index (κ2) is 7.17. The number of likely N-dealkylation sites (N-methyl/N-ethyl adjacent to an activating group) is 1. The minimum atomic E-state index is -0.380. The zero-order chi connectivity index (χ0) is 17.8. The van der Waals surface area contributed by atoms with Crippen molar-refractivity contribution in [2.45, 2.75) is 6.92 Å². The minimum absolute atomic E-state index is 0.0660. The van der Waals surface area contributed by atoms with Crippen LogP contribution in [0.2, 0.25) is 0 Å². The van der Waals surface area contributed by atoms with Crippen LogP contribution in [0.5, 0.6) is 5.75 Å². The van der Waals surface area contributed by atoms with Gasteiger partial charge in [-0.1, -0.05) is 12.1 Å². The van der Waals surface area contributed by atoms with Gasteiger partial charge in [0.1, 0.15) is 12.4 Å². The molecule has 1 heterocycles. The molecule has 128 valence electrons. The first-order valence-corrected chi connectivity index (χ1v) is 7.98. The van der Waals surface area contributed by atoms with Gasteiger partial charge in [-0.15, -0.1) is 0 Å². The van der Waals surface area contributed by atoms with Crippen LogP contribution in [-0.2, 0) is 0 Å². The zero-order valence-corrected chi connectivity index (χ0v) is 14.2. The predicted molar refractivity (Wildman–Crippen MR) is 98.3 cm³/mol. The van der Waals surface area contributed by atoms with Gasteiger partial charge in [0.15, 0.2) is 0 Å². The van der Waals surface area contributed by atoms with Crippen LogP contribution in [0.3, 0.4) is 0 Å². The van der Waals surface area contributed by atoms with Crippen LogP contribution in [0.25, 0.3) is 10.8 Å². The summed E-state index contributed by atoms with van der Waals surface area (Å²) in [6.45, 7) is 3.20. The first-order chi connectivity index (χ1) is 12.1. The molecule has 25 heavy (non-hydrogen) atoms. The van der Waals surface area contributed by atoms with E-state index in [1.54, 1.807) is 18.3 Å². The maximum atomic E-state index is 11.2. The number of hydrogen-bond donors (Lipinski definition) is 0. The summed E-state index contributed by atoms with van der Waals surface area (Å²) in [6, 6.07) is 13.0. The van der Waals surface area contributed by atoms with Crippen molar-refractivity contribution in [2.24, 2.45) is 0 Å². The fourth-order valence-electron chi connectivity index (χ4n) is 2.78. The highest BCUT2D eigenvalue weighted by Gasteiger charge is 2.16. The van der Waals surface area contributed by atoms with E-state index in [0.717, 1.165) is 22.4 Å². The van der Waals surface area contributed by atoms with Gasteiger partial charge in [-0.05, 0) is 36.8 Å². The number of anilines is 1. The van der Waals surface area contributed by atoms with Crippen molar-refractivity contribution < 1.29 is 9.66 Å². The van der Waals surface area contributed by atoms with Crippen molar-refractivity contribution in [3.05, 3.63) is 70.5 Å². The lowest BCUT2D eigenvalue weighted by Gasteiger charge is -2.21. The Balaban J connectivity index is 1.77. The van der Waals surface area contributed by atoms with E-state index >= 15 is 0 Å². The minimum Gasteiger partial charge on any atom is -0.492 e. The van der Waals surface area contributed by atoms with Gasteiger partial charge in [-0.25, -0.2) is 0 Å². The highest BCUT2D eigenvalue weighted by atomic mass is 16.6. The Morgan fingerprint density at radius 1 is 1.20 bits per heavy atom. The third-order valence-electron chi connectivity index (χ3n) is 4.06. The van der Waals surface area contributed by atoms with Crippen LogP contribution in [0.15, 0.2) is 54.9 Å². The molecule has 0 saturated carbocycles. The van der Waals surface area contributed by atoms with Crippen LogP contribution in [0, 0.1) is 17.0 Å². The molecule has 6 heteroatoms. The molecule has 1 aromatic heterocycles. The van der Waals surface area contributed by atoms with Gasteiger partial charge in [0.2, 0.25) is 0 Å². The van der Waals surface area contributed by atoms with Crippen LogP contribution >= 0.6 is 0 Å². The third-order valence-corrected chi connectivity index (χ3v) is 4.06. The van der Waals surface area contributed by atoms with Crippen molar-refractivity contribution in [3.8, 4) is 5.75 Å². The molecule has 0 spiro atoms. The topological polar surface area (TPSA) is 68.5 Å². The number of benzene rings is 2. The number of nitro benzene ring substituents is 1. The number of aromatic nitrogens is 1. The SMILES string of the molecule is Cc1cccc(OCCN(C)c2ccc([N+](=O)[O-])c3cnccc23)c1. The average Bonchev–Trinajstić information content (AvgIpc) is 2.60. The van der Waals surface area contributed by atoms with E-state index < -0.39 is 0 Å². The molecule has 0 fully saturated rings. The first kappa shape index (κ1) is 16.7. The van der Waals surface area contributed by atoms with Gasteiger partial charge in [0.25, 0.3) is 5.69 Å². The third kappa shape index (κ3) is 3.68. The number of aryl methyl sites for hydroxylation is 1. The van der Waals surface area contributed by atoms with Gasteiger partial charge in [-0.2, -0.15) is 0 Å². The summed E-state index contributed by atoms with van der Waals surface area (Å²) in [4.78, 5) is 16.9. The normalized spacial score (nSPS) is 10.6. The molecule has 3 aromatic rings. The molecule has 0 atom stereocenters. The smallest absolute Gasteiger partial charge is 0.278 e. The highest BCUT2D eigenvalue weighted by molar-refractivity contribution is 5.99. The molecule has 0 amide bonds. The second-order valence-corrected chi connectivity index (χ2v) is 5.87. The number of non-ortho nitro benzene ring substituents is 1.